The molecular weight excluding hydrogens is 142 g/mol. The third-order valence-electron chi connectivity index (χ3n) is 2.37. The van der Waals surface area contributed by atoms with Crippen LogP contribution in [0, 0.1) is 11.8 Å². The minimum atomic E-state index is 0.464. The van der Waals surface area contributed by atoms with Crippen molar-refractivity contribution in [3.63, 3.8) is 0 Å². The van der Waals surface area contributed by atoms with Crippen LogP contribution in [-0.2, 0) is 0 Å². The lowest BCUT2D eigenvalue weighted by Gasteiger charge is -2.15. The standard InChI is InChI=1S/C8H13NS/c9-8(6-1-2-6)7-3-4-10-5-7/h3-4,6-8H,1-2,5,9H2. The highest BCUT2D eigenvalue weighted by Crippen LogP contribution is 2.37. The van der Waals surface area contributed by atoms with E-state index in [2.05, 4.69) is 11.5 Å². The van der Waals surface area contributed by atoms with Gasteiger partial charge in [0.15, 0.2) is 0 Å². The molecule has 0 radical (unpaired) electrons. The first-order valence-electron chi connectivity index (χ1n) is 3.92. The summed E-state index contributed by atoms with van der Waals surface area (Å²) < 4.78 is 0. The van der Waals surface area contributed by atoms with Gasteiger partial charge in [0.05, 0.1) is 0 Å². The highest BCUT2D eigenvalue weighted by molar-refractivity contribution is 8.02. The molecule has 0 aromatic rings. The smallest absolute Gasteiger partial charge is 0.0139 e. The van der Waals surface area contributed by atoms with Crippen molar-refractivity contribution in [2.24, 2.45) is 17.6 Å². The summed E-state index contributed by atoms with van der Waals surface area (Å²) >= 11 is 1.90. The van der Waals surface area contributed by atoms with Crippen molar-refractivity contribution in [2.75, 3.05) is 5.75 Å². The number of hydrogen-bond donors (Lipinski definition) is 1. The zero-order valence-electron chi connectivity index (χ0n) is 5.99. The highest BCUT2D eigenvalue weighted by atomic mass is 32.2. The van der Waals surface area contributed by atoms with Crippen molar-refractivity contribution in [1.29, 1.82) is 0 Å². The minimum Gasteiger partial charge on any atom is -0.327 e. The van der Waals surface area contributed by atoms with Crippen molar-refractivity contribution >= 4 is 11.8 Å². The second kappa shape index (κ2) is 2.59. The zero-order valence-corrected chi connectivity index (χ0v) is 6.81. The number of rotatable bonds is 2. The topological polar surface area (TPSA) is 26.0 Å². The summed E-state index contributed by atoms with van der Waals surface area (Å²) in [6.45, 7) is 0. The molecule has 2 atom stereocenters. The average Bonchev–Trinajstić information content (AvgIpc) is 2.65. The predicted octanol–water partition coefficient (Wildman–Crippen LogP) is 1.60. The maximum absolute atomic E-state index is 6.02. The maximum Gasteiger partial charge on any atom is 0.0139 e. The SMILES string of the molecule is NC(C1C=CSC1)C1CC1. The zero-order chi connectivity index (χ0) is 6.97. The van der Waals surface area contributed by atoms with E-state index in [1.807, 2.05) is 11.8 Å². The lowest BCUT2D eigenvalue weighted by Crippen LogP contribution is -2.31. The van der Waals surface area contributed by atoms with Gasteiger partial charge in [0.2, 0.25) is 0 Å². The van der Waals surface area contributed by atoms with Gasteiger partial charge in [-0.1, -0.05) is 6.08 Å². The molecule has 1 fully saturated rings. The molecule has 56 valence electrons. The van der Waals surface area contributed by atoms with E-state index < -0.39 is 0 Å². The van der Waals surface area contributed by atoms with Crippen LogP contribution >= 0.6 is 11.8 Å². The molecule has 2 rings (SSSR count). The normalized spacial score (nSPS) is 34.7. The second-order valence-corrected chi connectivity index (χ2v) is 4.18. The van der Waals surface area contributed by atoms with Crippen LogP contribution in [0.15, 0.2) is 11.5 Å². The molecule has 2 unspecified atom stereocenters. The lowest BCUT2D eigenvalue weighted by atomic mass is 9.99. The van der Waals surface area contributed by atoms with Crippen LogP contribution in [0.2, 0.25) is 0 Å². The van der Waals surface area contributed by atoms with Crippen molar-refractivity contribution in [3.05, 3.63) is 11.5 Å². The van der Waals surface area contributed by atoms with E-state index in [0.29, 0.717) is 12.0 Å². The Bertz CT molecular complexity index is 151. The molecule has 1 nitrogen and oxygen atoms in total. The molecule has 2 aliphatic rings. The van der Waals surface area contributed by atoms with Gasteiger partial charge in [-0.05, 0) is 24.2 Å². The summed E-state index contributed by atoms with van der Waals surface area (Å²) in [7, 11) is 0. The molecule has 0 amide bonds. The Morgan fingerprint density at radius 1 is 1.50 bits per heavy atom. The van der Waals surface area contributed by atoms with Crippen molar-refractivity contribution in [1.82, 2.24) is 0 Å². The second-order valence-electron chi connectivity index (χ2n) is 3.24. The Kier molecular flexibility index (Phi) is 1.75. The van der Waals surface area contributed by atoms with Gasteiger partial charge in [-0.3, -0.25) is 0 Å². The monoisotopic (exact) mass is 155 g/mol. The van der Waals surface area contributed by atoms with Crippen LogP contribution in [0.4, 0.5) is 0 Å². The molecule has 0 bridgehead atoms. The van der Waals surface area contributed by atoms with Crippen molar-refractivity contribution in [2.45, 2.75) is 18.9 Å². The summed E-state index contributed by atoms with van der Waals surface area (Å²) in [5.41, 5.74) is 6.02. The third kappa shape index (κ3) is 1.23. The first-order chi connectivity index (χ1) is 4.88. The van der Waals surface area contributed by atoms with Crippen LogP contribution < -0.4 is 5.73 Å². The van der Waals surface area contributed by atoms with Crippen molar-refractivity contribution < 1.29 is 0 Å². The largest absolute Gasteiger partial charge is 0.327 e. The van der Waals surface area contributed by atoms with E-state index >= 15 is 0 Å². The van der Waals surface area contributed by atoms with Gasteiger partial charge in [-0.15, -0.1) is 11.8 Å². The van der Waals surface area contributed by atoms with Crippen LogP contribution in [0.25, 0.3) is 0 Å². The Hall–Kier alpha value is 0.0500. The summed E-state index contributed by atoms with van der Waals surface area (Å²) in [5.74, 6) is 2.75. The maximum atomic E-state index is 6.02. The Balaban J connectivity index is 1.90. The Morgan fingerprint density at radius 2 is 2.30 bits per heavy atom. The van der Waals surface area contributed by atoms with E-state index in [9.17, 15) is 0 Å². The van der Waals surface area contributed by atoms with Crippen molar-refractivity contribution in [3.8, 4) is 0 Å². The first-order valence-corrected chi connectivity index (χ1v) is 4.96. The molecule has 0 spiro atoms. The lowest BCUT2D eigenvalue weighted by molar-refractivity contribution is 0.494. The van der Waals surface area contributed by atoms with E-state index in [1.165, 1.54) is 18.6 Å². The molecule has 0 aromatic heterocycles. The summed E-state index contributed by atoms with van der Waals surface area (Å²) in [4.78, 5) is 0. The fourth-order valence-electron chi connectivity index (χ4n) is 1.45. The van der Waals surface area contributed by atoms with Gasteiger partial charge in [0, 0.05) is 17.7 Å². The van der Waals surface area contributed by atoms with E-state index in [0.717, 1.165) is 5.92 Å². The predicted molar refractivity (Wildman–Crippen MR) is 45.8 cm³/mol. The molecule has 1 aliphatic heterocycles. The molecule has 2 heteroatoms. The van der Waals surface area contributed by atoms with E-state index in [-0.39, 0.29) is 0 Å². The highest BCUT2D eigenvalue weighted by Gasteiger charge is 2.33. The molecule has 1 heterocycles. The molecule has 10 heavy (non-hydrogen) atoms. The molecule has 2 N–H and O–H groups in total. The average molecular weight is 155 g/mol. The van der Waals surface area contributed by atoms with Gasteiger partial charge in [-0.2, -0.15) is 0 Å². The Morgan fingerprint density at radius 3 is 2.80 bits per heavy atom. The van der Waals surface area contributed by atoms with E-state index in [1.54, 1.807) is 0 Å². The third-order valence-corrected chi connectivity index (χ3v) is 3.30. The van der Waals surface area contributed by atoms with Crippen LogP contribution in [0.3, 0.4) is 0 Å². The minimum absolute atomic E-state index is 0.464. The van der Waals surface area contributed by atoms with Gasteiger partial charge >= 0.3 is 0 Å². The summed E-state index contributed by atoms with van der Waals surface area (Å²) in [5, 5.41) is 2.19. The van der Waals surface area contributed by atoms with Crippen LogP contribution in [0.1, 0.15) is 12.8 Å². The van der Waals surface area contributed by atoms with E-state index in [4.69, 9.17) is 5.73 Å². The Labute approximate surface area is 66.1 Å². The summed E-state index contributed by atoms with van der Waals surface area (Å²) in [6, 6.07) is 0.464. The number of hydrogen-bond acceptors (Lipinski definition) is 2. The fourth-order valence-corrected chi connectivity index (χ4v) is 2.43. The molecule has 0 aromatic carbocycles. The van der Waals surface area contributed by atoms with Crippen LogP contribution in [-0.4, -0.2) is 11.8 Å². The first kappa shape index (κ1) is 6.74. The number of nitrogens with two attached hydrogens (primary N) is 1. The van der Waals surface area contributed by atoms with Gasteiger partial charge in [-0.25, -0.2) is 0 Å². The van der Waals surface area contributed by atoms with Gasteiger partial charge < -0.3 is 5.73 Å². The molecule has 1 aliphatic carbocycles. The summed E-state index contributed by atoms with van der Waals surface area (Å²) in [6.07, 6.45) is 5.01. The molecule has 1 saturated carbocycles. The van der Waals surface area contributed by atoms with Crippen LogP contribution in [0.5, 0.6) is 0 Å². The quantitative estimate of drug-likeness (QED) is 0.655. The van der Waals surface area contributed by atoms with Gasteiger partial charge in [0.1, 0.15) is 0 Å². The van der Waals surface area contributed by atoms with Gasteiger partial charge in [0.25, 0.3) is 0 Å². The number of thioether (sulfide) groups is 1. The molecular formula is C8H13NS. The molecule has 0 saturated heterocycles. The fraction of sp³-hybridized carbons (Fsp3) is 0.750.